The first kappa shape index (κ1) is 7.12. The lowest BCUT2D eigenvalue weighted by molar-refractivity contribution is 0.985. The normalized spacial score (nSPS) is 10.4. The fraction of sp³-hybridized carbons (Fsp3) is 0.125. The summed E-state index contributed by atoms with van der Waals surface area (Å²) in [5.74, 6) is 0. The summed E-state index contributed by atoms with van der Waals surface area (Å²) in [7, 11) is 0. The molecule has 0 saturated heterocycles. The fourth-order valence-corrected chi connectivity index (χ4v) is 1.00. The number of rotatable bonds is 1. The molecule has 0 aromatic carbocycles. The van der Waals surface area contributed by atoms with E-state index < -0.39 is 0 Å². The molecule has 4 nitrogen and oxygen atoms in total. The first-order valence-corrected chi connectivity index (χ1v) is 3.66. The number of nitrogens with two attached hydrogens (primary N) is 1. The van der Waals surface area contributed by atoms with Crippen LogP contribution in [0.15, 0.2) is 24.7 Å². The quantitative estimate of drug-likeness (QED) is 0.659. The largest absolute Gasteiger partial charge is 0.325 e. The number of fused-ring (bicyclic) bond motifs is 1. The van der Waals surface area contributed by atoms with Crippen LogP contribution in [0.4, 0.5) is 0 Å². The molecule has 12 heavy (non-hydrogen) atoms. The molecule has 0 amide bonds. The van der Waals surface area contributed by atoms with Gasteiger partial charge in [0, 0.05) is 12.7 Å². The van der Waals surface area contributed by atoms with E-state index in [9.17, 15) is 0 Å². The van der Waals surface area contributed by atoms with E-state index >= 15 is 0 Å². The Kier molecular flexibility index (Phi) is 1.68. The van der Waals surface area contributed by atoms with Crippen molar-refractivity contribution < 1.29 is 0 Å². The van der Waals surface area contributed by atoms with E-state index in [0.29, 0.717) is 6.54 Å². The lowest BCUT2D eigenvalue weighted by Crippen LogP contribution is -2.00. The van der Waals surface area contributed by atoms with Gasteiger partial charge in [-0.05, 0) is 6.07 Å². The van der Waals surface area contributed by atoms with Crippen molar-refractivity contribution in [2.24, 2.45) is 5.73 Å². The first-order chi connectivity index (χ1) is 5.90. The molecule has 0 bridgehead atoms. The van der Waals surface area contributed by atoms with Gasteiger partial charge in [0.25, 0.3) is 0 Å². The highest BCUT2D eigenvalue weighted by molar-refractivity contribution is 5.72. The van der Waals surface area contributed by atoms with E-state index in [1.165, 1.54) is 0 Å². The Morgan fingerprint density at radius 3 is 3.00 bits per heavy atom. The number of aromatic nitrogens is 3. The van der Waals surface area contributed by atoms with Gasteiger partial charge >= 0.3 is 0 Å². The second-order valence-electron chi connectivity index (χ2n) is 2.43. The summed E-state index contributed by atoms with van der Waals surface area (Å²) in [6.07, 6.45) is 5.06. The maximum atomic E-state index is 5.42. The van der Waals surface area contributed by atoms with Crippen molar-refractivity contribution in [3.63, 3.8) is 0 Å². The van der Waals surface area contributed by atoms with Gasteiger partial charge in [-0.15, -0.1) is 0 Å². The highest BCUT2D eigenvalue weighted by Gasteiger charge is 1.96. The lowest BCUT2D eigenvalue weighted by Gasteiger charge is -1.97. The average Bonchev–Trinajstić information content (AvgIpc) is 2.17. The molecule has 0 saturated carbocycles. The van der Waals surface area contributed by atoms with E-state index in [1.54, 1.807) is 18.6 Å². The summed E-state index contributed by atoms with van der Waals surface area (Å²) < 4.78 is 0. The van der Waals surface area contributed by atoms with Crippen LogP contribution in [0, 0.1) is 0 Å². The van der Waals surface area contributed by atoms with Crippen molar-refractivity contribution in [1.82, 2.24) is 15.0 Å². The Balaban J connectivity index is 2.67. The minimum absolute atomic E-state index is 0.415. The maximum absolute atomic E-state index is 5.42. The Morgan fingerprint density at radius 1 is 1.25 bits per heavy atom. The van der Waals surface area contributed by atoms with Crippen LogP contribution in [0.5, 0.6) is 0 Å². The molecule has 4 heteroatoms. The zero-order chi connectivity index (χ0) is 8.39. The molecule has 0 fully saturated rings. The predicted octanol–water partition coefficient (Wildman–Crippen LogP) is 0.483. The smallest absolute Gasteiger partial charge is 0.107 e. The molecule has 2 heterocycles. The van der Waals surface area contributed by atoms with Crippen LogP contribution in [-0.2, 0) is 6.54 Å². The standard InChI is InChI=1S/C8H8N4/c9-3-6-4-11-7-1-2-10-5-8(7)12-6/h1-2,4-5H,3,9H2. The van der Waals surface area contributed by atoms with Gasteiger partial charge in [-0.1, -0.05) is 0 Å². The molecule has 0 aliphatic carbocycles. The summed E-state index contributed by atoms with van der Waals surface area (Å²) in [5, 5.41) is 0. The molecule has 0 spiro atoms. The van der Waals surface area contributed by atoms with Crippen LogP contribution in [-0.4, -0.2) is 15.0 Å². The molecule has 0 radical (unpaired) electrons. The van der Waals surface area contributed by atoms with Crippen molar-refractivity contribution in [2.45, 2.75) is 6.54 Å². The third-order valence-corrected chi connectivity index (χ3v) is 1.60. The molecule has 2 aromatic heterocycles. The molecule has 2 rings (SSSR count). The zero-order valence-corrected chi connectivity index (χ0v) is 6.44. The van der Waals surface area contributed by atoms with Crippen molar-refractivity contribution >= 4 is 11.0 Å². The SMILES string of the molecule is NCc1cnc2ccncc2n1. The third kappa shape index (κ3) is 1.12. The highest BCUT2D eigenvalue weighted by Crippen LogP contribution is 2.05. The van der Waals surface area contributed by atoms with E-state index in [-0.39, 0.29) is 0 Å². The van der Waals surface area contributed by atoms with Gasteiger partial charge in [-0.2, -0.15) is 0 Å². The summed E-state index contributed by atoms with van der Waals surface area (Å²) in [5.41, 5.74) is 7.85. The van der Waals surface area contributed by atoms with Gasteiger partial charge in [0.2, 0.25) is 0 Å². The monoisotopic (exact) mass is 160 g/mol. The summed E-state index contributed by atoms with van der Waals surface area (Å²) in [4.78, 5) is 12.4. The predicted molar refractivity (Wildman–Crippen MR) is 45.2 cm³/mol. The van der Waals surface area contributed by atoms with Crippen molar-refractivity contribution in [1.29, 1.82) is 0 Å². The van der Waals surface area contributed by atoms with Crippen molar-refractivity contribution in [2.75, 3.05) is 0 Å². The Morgan fingerprint density at radius 2 is 2.17 bits per heavy atom. The molecule has 60 valence electrons. The Labute approximate surface area is 69.5 Å². The second-order valence-corrected chi connectivity index (χ2v) is 2.43. The molecular weight excluding hydrogens is 152 g/mol. The minimum atomic E-state index is 0.415. The number of pyridine rings is 1. The van der Waals surface area contributed by atoms with Crippen LogP contribution in [0.1, 0.15) is 5.69 Å². The second kappa shape index (κ2) is 2.83. The van der Waals surface area contributed by atoms with Gasteiger partial charge in [0.15, 0.2) is 0 Å². The van der Waals surface area contributed by atoms with Crippen molar-refractivity contribution in [3.8, 4) is 0 Å². The number of hydrogen-bond acceptors (Lipinski definition) is 4. The van der Waals surface area contributed by atoms with Crippen LogP contribution in [0.25, 0.3) is 11.0 Å². The van der Waals surface area contributed by atoms with Crippen LogP contribution in [0.3, 0.4) is 0 Å². The summed E-state index contributed by atoms with van der Waals surface area (Å²) in [6.45, 7) is 0.415. The maximum Gasteiger partial charge on any atom is 0.107 e. The Hall–Kier alpha value is -1.55. The molecule has 0 atom stereocenters. The number of hydrogen-bond donors (Lipinski definition) is 1. The van der Waals surface area contributed by atoms with E-state index in [0.717, 1.165) is 16.7 Å². The molecule has 0 aliphatic rings. The zero-order valence-electron chi connectivity index (χ0n) is 6.44. The first-order valence-electron chi connectivity index (χ1n) is 3.66. The molecular formula is C8H8N4. The minimum Gasteiger partial charge on any atom is -0.325 e. The topological polar surface area (TPSA) is 64.7 Å². The van der Waals surface area contributed by atoms with Gasteiger partial charge < -0.3 is 5.73 Å². The third-order valence-electron chi connectivity index (χ3n) is 1.60. The van der Waals surface area contributed by atoms with E-state index in [1.807, 2.05) is 6.07 Å². The van der Waals surface area contributed by atoms with Gasteiger partial charge in [-0.25, -0.2) is 4.98 Å². The molecule has 0 aliphatic heterocycles. The van der Waals surface area contributed by atoms with Crippen LogP contribution >= 0.6 is 0 Å². The van der Waals surface area contributed by atoms with Gasteiger partial charge in [-0.3, -0.25) is 9.97 Å². The van der Waals surface area contributed by atoms with E-state index in [2.05, 4.69) is 15.0 Å². The van der Waals surface area contributed by atoms with E-state index in [4.69, 9.17) is 5.73 Å². The Bertz CT molecular complexity index is 399. The average molecular weight is 160 g/mol. The highest BCUT2D eigenvalue weighted by atomic mass is 14.8. The van der Waals surface area contributed by atoms with Crippen LogP contribution in [0.2, 0.25) is 0 Å². The van der Waals surface area contributed by atoms with Crippen LogP contribution < -0.4 is 5.73 Å². The summed E-state index contributed by atoms with van der Waals surface area (Å²) in [6, 6.07) is 1.82. The molecule has 2 aromatic rings. The van der Waals surface area contributed by atoms with Gasteiger partial charge in [0.05, 0.1) is 23.6 Å². The molecule has 0 unspecified atom stereocenters. The summed E-state index contributed by atoms with van der Waals surface area (Å²) >= 11 is 0. The fourth-order valence-electron chi connectivity index (χ4n) is 1.00. The lowest BCUT2D eigenvalue weighted by atomic mass is 10.3. The number of nitrogens with zero attached hydrogens (tertiary/aromatic N) is 3. The van der Waals surface area contributed by atoms with Gasteiger partial charge in [0.1, 0.15) is 5.52 Å². The van der Waals surface area contributed by atoms with Crippen molar-refractivity contribution in [3.05, 3.63) is 30.4 Å². The molecule has 2 N–H and O–H groups in total.